The molecule has 5 nitrogen and oxygen atoms in total. The maximum atomic E-state index is 13.2. The third kappa shape index (κ3) is 4.12. The Labute approximate surface area is 181 Å². The fourth-order valence-electron chi connectivity index (χ4n) is 4.22. The minimum Gasteiger partial charge on any atom is -0.403 e. The fourth-order valence-corrected chi connectivity index (χ4v) is 4.22. The second kappa shape index (κ2) is 8.56. The van der Waals surface area contributed by atoms with Crippen LogP contribution >= 0.6 is 0 Å². The molecule has 1 N–H and O–H groups in total. The average Bonchev–Trinajstić information content (AvgIpc) is 3.29. The van der Waals surface area contributed by atoms with E-state index in [1.165, 1.54) is 24.0 Å². The van der Waals surface area contributed by atoms with Crippen LogP contribution in [0.25, 0.3) is 11.5 Å². The van der Waals surface area contributed by atoms with Gasteiger partial charge in [-0.2, -0.15) is 0 Å². The normalized spacial score (nSPS) is 13.1. The van der Waals surface area contributed by atoms with Gasteiger partial charge in [0.25, 0.3) is 0 Å². The van der Waals surface area contributed by atoms with E-state index in [4.69, 9.17) is 4.42 Å². The Morgan fingerprint density at radius 1 is 0.806 bits per heavy atom. The molecule has 154 valence electrons. The first-order valence-corrected chi connectivity index (χ1v) is 10.6. The van der Waals surface area contributed by atoms with Crippen molar-refractivity contribution in [1.29, 1.82) is 0 Å². The predicted octanol–water partition coefficient (Wildman–Crippen LogP) is 5.39. The highest BCUT2D eigenvalue weighted by Crippen LogP contribution is 2.29. The molecule has 0 aliphatic heterocycles. The van der Waals surface area contributed by atoms with E-state index < -0.39 is 5.92 Å². The zero-order valence-electron chi connectivity index (χ0n) is 17.1. The maximum absolute atomic E-state index is 13.2. The molecule has 1 aliphatic rings. The predicted molar refractivity (Wildman–Crippen MR) is 120 cm³/mol. The first kappa shape index (κ1) is 19.2. The van der Waals surface area contributed by atoms with Gasteiger partial charge in [0.2, 0.25) is 11.8 Å². The lowest BCUT2D eigenvalue weighted by molar-refractivity contribution is -0.116. The standard InChI is InChI=1S/C26H23N3O2/c30-24(23(19-10-3-1-4-11-19)20-12-5-2-6-13-20)27-26-29-28-25(31-26)22-16-15-18-9-7-8-14-21(18)17-22/h1-6,10-13,15-17,23H,7-9,14H2,(H,27,29,30). The quantitative estimate of drug-likeness (QED) is 0.480. The summed E-state index contributed by atoms with van der Waals surface area (Å²) >= 11 is 0. The summed E-state index contributed by atoms with van der Waals surface area (Å²) < 4.78 is 5.80. The molecular formula is C26H23N3O2. The average molecular weight is 409 g/mol. The van der Waals surface area contributed by atoms with Crippen molar-refractivity contribution < 1.29 is 9.21 Å². The van der Waals surface area contributed by atoms with Crippen LogP contribution in [0.2, 0.25) is 0 Å². The number of carbonyl (C=O) groups is 1. The van der Waals surface area contributed by atoms with Crippen LogP contribution in [-0.4, -0.2) is 16.1 Å². The molecule has 0 saturated carbocycles. The van der Waals surface area contributed by atoms with Crippen LogP contribution in [-0.2, 0) is 17.6 Å². The van der Waals surface area contributed by atoms with Crippen molar-refractivity contribution in [3.63, 3.8) is 0 Å². The summed E-state index contributed by atoms with van der Waals surface area (Å²) in [6, 6.07) is 25.8. The van der Waals surface area contributed by atoms with Crippen LogP contribution in [0.4, 0.5) is 6.01 Å². The number of anilines is 1. The molecule has 1 amide bonds. The third-order valence-electron chi connectivity index (χ3n) is 5.78. The molecule has 1 aliphatic carbocycles. The molecule has 5 rings (SSSR count). The Kier molecular flexibility index (Phi) is 5.31. The molecule has 0 atom stereocenters. The van der Waals surface area contributed by atoms with E-state index in [2.05, 4.69) is 27.6 Å². The van der Waals surface area contributed by atoms with Gasteiger partial charge in [-0.25, -0.2) is 0 Å². The Hall–Kier alpha value is -3.73. The lowest BCUT2D eigenvalue weighted by atomic mass is 9.90. The van der Waals surface area contributed by atoms with Crippen LogP contribution < -0.4 is 5.32 Å². The smallest absolute Gasteiger partial charge is 0.322 e. The van der Waals surface area contributed by atoms with E-state index in [0.29, 0.717) is 5.89 Å². The van der Waals surface area contributed by atoms with Crippen molar-refractivity contribution in [3.05, 3.63) is 101 Å². The van der Waals surface area contributed by atoms with Gasteiger partial charge in [0.05, 0.1) is 5.92 Å². The lowest BCUT2D eigenvalue weighted by Gasteiger charge is -2.16. The lowest BCUT2D eigenvalue weighted by Crippen LogP contribution is -2.22. The first-order valence-electron chi connectivity index (χ1n) is 10.6. The van der Waals surface area contributed by atoms with Crippen LogP contribution in [0.15, 0.2) is 83.3 Å². The molecule has 5 heteroatoms. The van der Waals surface area contributed by atoms with E-state index in [1.54, 1.807) is 0 Å². The second-order valence-corrected chi connectivity index (χ2v) is 7.85. The van der Waals surface area contributed by atoms with Gasteiger partial charge in [-0.15, -0.1) is 5.10 Å². The van der Waals surface area contributed by atoms with Crippen molar-refractivity contribution in [3.8, 4) is 11.5 Å². The van der Waals surface area contributed by atoms with Gasteiger partial charge in [-0.1, -0.05) is 71.8 Å². The Morgan fingerprint density at radius 2 is 1.45 bits per heavy atom. The van der Waals surface area contributed by atoms with Crippen molar-refractivity contribution in [2.45, 2.75) is 31.6 Å². The van der Waals surface area contributed by atoms with E-state index in [9.17, 15) is 4.79 Å². The number of carbonyl (C=O) groups excluding carboxylic acids is 1. The fraction of sp³-hybridized carbons (Fsp3) is 0.192. The highest BCUT2D eigenvalue weighted by molar-refractivity contribution is 5.96. The number of hydrogen-bond acceptors (Lipinski definition) is 4. The van der Waals surface area contributed by atoms with Gasteiger partial charge in [0.15, 0.2) is 0 Å². The van der Waals surface area contributed by atoms with Gasteiger partial charge in [-0.3, -0.25) is 10.1 Å². The Balaban J connectivity index is 1.39. The van der Waals surface area contributed by atoms with E-state index in [1.807, 2.05) is 66.7 Å². The molecule has 0 fully saturated rings. The molecule has 0 spiro atoms. The van der Waals surface area contributed by atoms with Crippen LogP contribution in [0, 0.1) is 0 Å². The number of rotatable bonds is 5. The topological polar surface area (TPSA) is 68.0 Å². The molecule has 0 unspecified atom stereocenters. The monoisotopic (exact) mass is 409 g/mol. The molecule has 3 aromatic carbocycles. The molecule has 1 heterocycles. The summed E-state index contributed by atoms with van der Waals surface area (Å²) in [5.74, 6) is -0.265. The van der Waals surface area contributed by atoms with Gasteiger partial charge >= 0.3 is 6.01 Å². The SMILES string of the molecule is O=C(Nc1nnc(-c2ccc3c(c2)CCCC3)o1)C(c1ccccc1)c1ccccc1. The van der Waals surface area contributed by atoms with E-state index in [-0.39, 0.29) is 11.9 Å². The van der Waals surface area contributed by atoms with Gasteiger partial charge < -0.3 is 4.42 Å². The minimum absolute atomic E-state index is 0.106. The van der Waals surface area contributed by atoms with Crippen LogP contribution in [0.3, 0.4) is 0 Å². The van der Waals surface area contributed by atoms with Crippen molar-refractivity contribution >= 4 is 11.9 Å². The van der Waals surface area contributed by atoms with Crippen molar-refractivity contribution in [1.82, 2.24) is 10.2 Å². The van der Waals surface area contributed by atoms with Gasteiger partial charge in [0.1, 0.15) is 0 Å². The largest absolute Gasteiger partial charge is 0.403 e. The third-order valence-corrected chi connectivity index (χ3v) is 5.78. The van der Waals surface area contributed by atoms with E-state index >= 15 is 0 Å². The number of hydrogen-bond donors (Lipinski definition) is 1. The van der Waals surface area contributed by atoms with E-state index in [0.717, 1.165) is 29.5 Å². The highest BCUT2D eigenvalue weighted by Gasteiger charge is 2.24. The van der Waals surface area contributed by atoms with Crippen molar-refractivity contribution in [2.24, 2.45) is 0 Å². The van der Waals surface area contributed by atoms with Crippen molar-refractivity contribution in [2.75, 3.05) is 5.32 Å². The summed E-state index contributed by atoms with van der Waals surface area (Å²) in [5, 5.41) is 11.0. The number of fused-ring (bicyclic) bond motifs is 1. The zero-order chi connectivity index (χ0) is 21.0. The number of nitrogens with zero attached hydrogens (tertiary/aromatic N) is 2. The number of nitrogens with one attached hydrogen (secondary N) is 1. The molecule has 4 aromatic rings. The minimum atomic E-state index is -0.471. The first-order chi connectivity index (χ1) is 15.3. The number of amides is 1. The Morgan fingerprint density at radius 3 is 2.13 bits per heavy atom. The summed E-state index contributed by atoms with van der Waals surface area (Å²) in [5.41, 5.74) is 5.44. The second-order valence-electron chi connectivity index (χ2n) is 7.85. The highest BCUT2D eigenvalue weighted by atomic mass is 16.4. The zero-order valence-corrected chi connectivity index (χ0v) is 17.1. The molecule has 0 bridgehead atoms. The number of aryl methyl sites for hydroxylation is 2. The van der Waals surface area contributed by atoms with Gasteiger partial charge in [-0.05, 0) is 60.1 Å². The molecule has 0 saturated heterocycles. The molecule has 0 radical (unpaired) electrons. The molecule has 1 aromatic heterocycles. The number of benzene rings is 3. The van der Waals surface area contributed by atoms with Crippen LogP contribution in [0.5, 0.6) is 0 Å². The summed E-state index contributed by atoms with van der Waals surface area (Å²) in [6.07, 6.45) is 4.66. The van der Waals surface area contributed by atoms with Crippen LogP contribution in [0.1, 0.15) is 41.0 Å². The number of aromatic nitrogens is 2. The van der Waals surface area contributed by atoms with Gasteiger partial charge in [0, 0.05) is 5.56 Å². The summed E-state index contributed by atoms with van der Waals surface area (Å²) in [7, 11) is 0. The molecule has 31 heavy (non-hydrogen) atoms. The Bertz CT molecular complexity index is 1150. The maximum Gasteiger partial charge on any atom is 0.322 e. The molecular weight excluding hydrogens is 386 g/mol. The summed E-state index contributed by atoms with van der Waals surface area (Å²) in [4.78, 5) is 13.2. The summed E-state index contributed by atoms with van der Waals surface area (Å²) in [6.45, 7) is 0.